The van der Waals surface area contributed by atoms with Crippen molar-refractivity contribution in [3.05, 3.63) is 107 Å². The molecule has 1 unspecified atom stereocenters. The summed E-state index contributed by atoms with van der Waals surface area (Å²) >= 11 is 0. The highest BCUT2D eigenvalue weighted by Gasteiger charge is 2.59. The van der Waals surface area contributed by atoms with Crippen LogP contribution in [0, 0.1) is 5.82 Å². The first-order chi connectivity index (χ1) is 18.6. The number of amides is 1. The van der Waals surface area contributed by atoms with Crippen molar-refractivity contribution in [3.63, 3.8) is 0 Å². The Kier molecular flexibility index (Phi) is 5.21. The predicted molar refractivity (Wildman–Crippen MR) is 136 cm³/mol. The van der Waals surface area contributed by atoms with Crippen molar-refractivity contribution >= 4 is 11.6 Å². The van der Waals surface area contributed by atoms with E-state index in [1.165, 1.54) is 0 Å². The van der Waals surface area contributed by atoms with E-state index < -0.39 is 11.2 Å². The van der Waals surface area contributed by atoms with E-state index in [-0.39, 0.29) is 37.0 Å². The first kappa shape index (κ1) is 22.6. The minimum absolute atomic E-state index is 0.00577. The van der Waals surface area contributed by atoms with Crippen LogP contribution in [-0.4, -0.2) is 30.7 Å². The number of benzene rings is 3. The van der Waals surface area contributed by atoms with Crippen LogP contribution >= 0.6 is 0 Å². The van der Waals surface area contributed by atoms with Gasteiger partial charge in [0.05, 0.1) is 24.0 Å². The van der Waals surface area contributed by atoms with E-state index in [1.54, 1.807) is 17.2 Å². The summed E-state index contributed by atoms with van der Waals surface area (Å²) in [6.45, 7) is 1.22. The third-order valence-corrected chi connectivity index (χ3v) is 7.24. The zero-order valence-electron chi connectivity index (χ0n) is 20.4. The Bertz CT molecular complexity index is 1540. The molecule has 1 aromatic heterocycles. The van der Waals surface area contributed by atoms with Gasteiger partial charge in [-0.15, -0.1) is 0 Å². The molecule has 4 aromatic rings. The highest BCUT2D eigenvalue weighted by molar-refractivity contribution is 6.11. The van der Waals surface area contributed by atoms with Gasteiger partial charge >= 0.3 is 0 Å². The molecule has 3 aliphatic rings. The Hall–Kier alpha value is -4.59. The molecular formula is C30H23FN2O5. The van der Waals surface area contributed by atoms with E-state index >= 15 is 4.39 Å². The first-order valence-corrected chi connectivity index (χ1v) is 12.4. The number of halogens is 1. The fourth-order valence-corrected chi connectivity index (χ4v) is 5.45. The fourth-order valence-electron chi connectivity index (χ4n) is 5.45. The highest BCUT2D eigenvalue weighted by Crippen LogP contribution is 2.56. The molecule has 0 aliphatic carbocycles. The summed E-state index contributed by atoms with van der Waals surface area (Å²) in [5, 5.41) is 0. The van der Waals surface area contributed by atoms with Gasteiger partial charge in [-0.3, -0.25) is 9.78 Å². The molecule has 7 rings (SSSR count). The lowest BCUT2D eigenvalue weighted by Crippen LogP contribution is -2.43. The molecule has 190 valence electrons. The molecule has 1 amide bonds. The van der Waals surface area contributed by atoms with Gasteiger partial charge in [-0.05, 0) is 29.3 Å². The van der Waals surface area contributed by atoms with Crippen LogP contribution < -0.4 is 23.8 Å². The van der Waals surface area contributed by atoms with Crippen molar-refractivity contribution in [2.75, 3.05) is 24.7 Å². The zero-order chi connectivity index (χ0) is 25.7. The average Bonchev–Trinajstić information content (AvgIpc) is 3.46. The van der Waals surface area contributed by atoms with E-state index in [9.17, 15) is 4.79 Å². The van der Waals surface area contributed by atoms with Crippen LogP contribution in [-0.2, 0) is 23.4 Å². The molecule has 38 heavy (non-hydrogen) atoms. The molecule has 0 saturated carbocycles. The van der Waals surface area contributed by atoms with Crippen molar-refractivity contribution in [2.45, 2.75) is 18.6 Å². The number of hydrogen-bond donors (Lipinski definition) is 0. The maximum atomic E-state index is 15.9. The normalized spacial score (nSPS) is 18.8. The van der Waals surface area contributed by atoms with Crippen LogP contribution in [0.4, 0.5) is 10.1 Å². The molecule has 0 bridgehead atoms. The minimum Gasteiger partial charge on any atom is -0.491 e. The van der Waals surface area contributed by atoms with Crippen LogP contribution in [0.25, 0.3) is 0 Å². The quantitative estimate of drug-likeness (QED) is 0.384. The number of fused-ring (bicyclic) bond motifs is 5. The number of anilines is 1. The molecular weight excluding hydrogens is 487 g/mol. The van der Waals surface area contributed by atoms with Gasteiger partial charge in [0.25, 0.3) is 0 Å². The van der Waals surface area contributed by atoms with E-state index in [0.717, 1.165) is 5.56 Å². The summed E-state index contributed by atoms with van der Waals surface area (Å²) in [4.78, 5) is 20.3. The summed E-state index contributed by atoms with van der Waals surface area (Å²) in [5.41, 5.74) is 2.02. The van der Waals surface area contributed by atoms with E-state index in [2.05, 4.69) is 4.98 Å². The SMILES string of the molecule is O=C1N(Cc2ccc(OCc3ccccc3)cn2)c2ccccc2C12COc1cc3c(c(F)c12)OCCO3. The summed E-state index contributed by atoms with van der Waals surface area (Å²) in [7, 11) is 0. The molecule has 7 nitrogen and oxygen atoms in total. The second-order valence-electron chi connectivity index (χ2n) is 9.45. The molecule has 3 aliphatic heterocycles. The molecule has 3 aromatic carbocycles. The number of aromatic nitrogens is 1. The molecule has 4 heterocycles. The molecule has 1 atom stereocenters. The van der Waals surface area contributed by atoms with Gasteiger partial charge in [0, 0.05) is 11.8 Å². The van der Waals surface area contributed by atoms with Gasteiger partial charge in [0.15, 0.2) is 17.3 Å². The number of rotatable bonds is 5. The van der Waals surface area contributed by atoms with Crippen molar-refractivity contribution in [1.29, 1.82) is 0 Å². The maximum absolute atomic E-state index is 15.9. The summed E-state index contributed by atoms with van der Waals surface area (Å²) in [6, 6.07) is 22.6. The molecule has 0 saturated heterocycles. The highest BCUT2D eigenvalue weighted by atomic mass is 19.1. The molecule has 0 fully saturated rings. The Morgan fingerprint density at radius 3 is 2.61 bits per heavy atom. The fraction of sp³-hybridized carbons (Fsp3) is 0.200. The second-order valence-corrected chi connectivity index (χ2v) is 9.45. The third kappa shape index (κ3) is 3.40. The van der Waals surface area contributed by atoms with Gasteiger partial charge < -0.3 is 23.8 Å². The number of carbonyl (C=O) groups is 1. The Balaban J connectivity index is 1.20. The zero-order valence-corrected chi connectivity index (χ0v) is 20.4. The van der Waals surface area contributed by atoms with Crippen molar-refractivity contribution < 1.29 is 28.1 Å². The smallest absolute Gasteiger partial charge is 0.246 e. The lowest BCUT2D eigenvalue weighted by molar-refractivity contribution is -0.122. The Morgan fingerprint density at radius 1 is 0.947 bits per heavy atom. The van der Waals surface area contributed by atoms with E-state index in [0.29, 0.717) is 47.4 Å². The van der Waals surface area contributed by atoms with Gasteiger partial charge in [0.1, 0.15) is 43.3 Å². The number of hydrogen-bond acceptors (Lipinski definition) is 6. The lowest BCUT2D eigenvalue weighted by Gasteiger charge is -2.25. The van der Waals surface area contributed by atoms with Crippen LogP contribution in [0.5, 0.6) is 23.0 Å². The van der Waals surface area contributed by atoms with Crippen molar-refractivity contribution in [1.82, 2.24) is 4.98 Å². The largest absolute Gasteiger partial charge is 0.491 e. The Labute approximate surface area is 218 Å². The van der Waals surface area contributed by atoms with Gasteiger partial charge in [0.2, 0.25) is 5.91 Å². The standard InChI is InChI=1S/C30H23FN2O5/c31-27-26-24(14-25-28(27)36-13-12-35-25)38-18-30(26)22-8-4-5-9-23(22)33(29(30)34)16-20-10-11-21(15-32-20)37-17-19-6-2-1-3-7-19/h1-11,14-15H,12-13,16-18H2. The predicted octanol–water partition coefficient (Wildman–Crippen LogP) is 4.80. The third-order valence-electron chi connectivity index (χ3n) is 7.24. The number of carbonyl (C=O) groups excluding carboxylic acids is 1. The van der Waals surface area contributed by atoms with Gasteiger partial charge in [-0.25, -0.2) is 4.39 Å². The summed E-state index contributed by atoms with van der Waals surface area (Å²) < 4.78 is 38.9. The van der Waals surface area contributed by atoms with Gasteiger partial charge in [-0.2, -0.15) is 0 Å². The number of para-hydroxylation sites is 1. The number of nitrogens with zero attached hydrogens (tertiary/aromatic N) is 2. The minimum atomic E-state index is -1.31. The van der Waals surface area contributed by atoms with Crippen molar-refractivity contribution in [2.24, 2.45) is 0 Å². The summed E-state index contributed by atoms with van der Waals surface area (Å²) in [5.74, 6) is 0.372. The van der Waals surface area contributed by atoms with Gasteiger partial charge in [-0.1, -0.05) is 48.5 Å². The molecule has 8 heteroatoms. The van der Waals surface area contributed by atoms with Crippen LogP contribution in [0.15, 0.2) is 79.0 Å². The molecule has 0 N–H and O–H groups in total. The van der Waals surface area contributed by atoms with Crippen LogP contribution in [0.3, 0.4) is 0 Å². The van der Waals surface area contributed by atoms with Crippen LogP contribution in [0.2, 0.25) is 0 Å². The Morgan fingerprint density at radius 2 is 1.76 bits per heavy atom. The molecule has 1 spiro atoms. The van der Waals surface area contributed by atoms with Crippen molar-refractivity contribution in [3.8, 4) is 23.0 Å². The first-order valence-electron chi connectivity index (χ1n) is 12.4. The monoisotopic (exact) mass is 510 g/mol. The maximum Gasteiger partial charge on any atom is 0.246 e. The summed E-state index contributed by atoms with van der Waals surface area (Å²) in [6.07, 6.45) is 1.65. The van der Waals surface area contributed by atoms with Crippen LogP contribution in [0.1, 0.15) is 22.4 Å². The topological polar surface area (TPSA) is 70.1 Å². The van der Waals surface area contributed by atoms with E-state index in [4.69, 9.17) is 18.9 Å². The lowest BCUT2D eigenvalue weighted by atomic mass is 9.76. The number of pyridine rings is 1. The average molecular weight is 511 g/mol. The molecule has 0 radical (unpaired) electrons. The van der Waals surface area contributed by atoms with E-state index in [1.807, 2.05) is 66.7 Å². The number of ether oxygens (including phenoxy) is 4. The second kappa shape index (κ2) is 8.76.